The number of fused-ring (bicyclic) bond motifs is 1. The van der Waals surface area contributed by atoms with E-state index in [-0.39, 0.29) is 12.2 Å². The molecule has 0 saturated heterocycles. The largest absolute Gasteiger partial charge is 0.484 e. The molecule has 0 fully saturated rings. The van der Waals surface area contributed by atoms with E-state index in [9.17, 15) is 9.18 Å². The van der Waals surface area contributed by atoms with Gasteiger partial charge in [0.05, 0.1) is 12.0 Å². The van der Waals surface area contributed by atoms with Crippen LogP contribution in [0.1, 0.15) is 23.7 Å². The predicted molar refractivity (Wildman–Crippen MR) is 55.4 cm³/mol. The number of carbonyl (C=O) groups is 1. The quantitative estimate of drug-likeness (QED) is 0.739. The maximum atomic E-state index is 12.7. The van der Waals surface area contributed by atoms with Gasteiger partial charge in [-0.3, -0.25) is 4.79 Å². The molecule has 0 radical (unpaired) electrons. The van der Waals surface area contributed by atoms with Crippen LogP contribution in [-0.2, 0) is 0 Å². The molecule has 1 aliphatic rings. The number of hydrogen-bond donors (Lipinski definition) is 0. The van der Waals surface area contributed by atoms with Crippen molar-refractivity contribution in [3.8, 4) is 5.75 Å². The third-order valence-corrected chi connectivity index (χ3v) is 2.65. The first-order chi connectivity index (χ1) is 7.04. The number of benzene rings is 1. The van der Waals surface area contributed by atoms with Crippen molar-refractivity contribution in [1.82, 2.24) is 0 Å². The number of ketones is 1. The minimum Gasteiger partial charge on any atom is -0.484 e. The number of carbonyl (C=O) groups excluding carboxylic acids is 1. The Morgan fingerprint density at radius 3 is 3.00 bits per heavy atom. The molecular weight excluding hydrogens is 219 g/mol. The van der Waals surface area contributed by atoms with Crippen molar-refractivity contribution < 1.29 is 13.9 Å². The lowest BCUT2D eigenvalue weighted by molar-refractivity contribution is 0.0357. The van der Waals surface area contributed by atoms with Crippen molar-refractivity contribution in [1.29, 1.82) is 0 Å². The second-order valence-electron chi connectivity index (χ2n) is 3.93. The summed E-state index contributed by atoms with van der Waals surface area (Å²) in [5.41, 5.74) is -0.570. The molecule has 2 nitrogen and oxygen atoms in total. The van der Waals surface area contributed by atoms with Crippen LogP contribution in [0.4, 0.5) is 4.39 Å². The van der Waals surface area contributed by atoms with Crippen LogP contribution in [0.15, 0.2) is 18.2 Å². The summed E-state index contributed by atoms with van der Waals surface area (Å²) in [5.74, 6) is 0.270. The van der Waals surface area contributed by atoms with E-state index in [1.54, 1.807) is 25.1 Å². The Morgan fingerprint density at radius 1 is 1.60 bits per heavy atom. The van der Waals surface area contributed by atoms with E-state index in [0.29, 0.717) is 16.3 Å². The number of alkyl halides is 1. The van der Waals surface area contributed by atoms with Crippen molar-refractivity contribution >= 4 is 17.4 Å². The molecule has 0 aromatic heterocycles. The van der Waals surface area contributed by atoms with E-state index < -0.39 is 12.3 Å². The van der Waals surface area contributed by atoms with Gasteiger partial charge in [0.2, 0.25) is 0 Å². The molecule has 0 N–H and O–H groups in total. The summed E-state index contributed by atoms with van der Waals surface area (Å²) in [5, 5.41) is 0.477. The van der Waals surface area contributed by atoms with Gasteiger partial charge in [0.1, 0.15) is 18.0 Å². The Bertz CT molecular complexity index is 419. The zero-order valence-electron chi connectivity index (χ0n) is 8.22. The Kier molecular flexibility index (Phi) is 2.43. The molecule has 15 heavy (non-hydrogen) atoms. The van der Waals surface area contributed by atoms with Gasteiger partial charge in [0, 0.05) is 5.02 Å². The fourth-order valence-electron chi connectivity index (χ4n) is 1.62. The first-order valence-corrected chi connectivity index (χ1v) is 5.00. The van der Waals surface area contributed by atoms with Crippen molar-refractivity contribution in [3.63, 3.8) is 0 Å². The highest BCUT2D eigenvalue weighted by molar-refractivity contribution is 6.30. The monoisotopic (exact) mass is 228 g/mol. The summed E-state index contributed by atoms with van der Waals surface area (Å²) >= 11 is 5.78. The van der Waals surface area contributed by atoms with Crippen molar-refractivity contribution in [2.75, 3.05) is 6.67 Å². The van der Waals surface area contributed by atoms with E-state index in [0.717, 1.165) is 0 Å². The molecule has 0 aliphatic carbocycles. The third-order valence-electron chi connectivity index (χ3n) is 2.42. The number of ether oxygens (including phenoxy) is 1. The first-order valence-electron chi connectivity index (χ1n) is 4.62. The highest BCUT2D eigenvalue weighted by atomic mass is 35.5. The minimum absolute atomic E-state index is 0.0676. The highest BCUT2D eigenvalue weighted by Gasteiger charge is 2.36. The fourth-order valence-corrected chi connectivity index (χ4v) is 1.78. The molecule has 4 heteroatoms. The zero-order chi connectivity index (χ0) is 11.1. The average molecular weight is 229 g/mol. The van der Waals surface area contributed by atoms with Gasteiger partial charge in [-0.2, -0.15) is 0 Å². The Balaban J connectivity index is 2.46. The van der Waals surface area contributed by atoms with Gasteiger partial charge in [-0.05, 0) is 25.1 Å². The molecule has 1 aromatic rings. The van der Waals surface area contributed by atoms with E-state index >= 15 is 0 Å². The fraction of sp³-hybridized carbons (Fsp3) is 0.364. The second-order valence-corrected chi connectivity index (χ2v) is 4.36. The Morgan fingerprint density at radius 2 is 2.33 bits per heavy atom. The van der Waals surface area contributed by atoms with Crippen LogP contribution in [0.5, 0.6) is 5.75 Å². The molecule has 0 spiro atoms. The molecule has 0 amide bonds. The lowest BCUT2D eigenvalue weighted by Crippen LogP contribution is -2.41. The average Bonchev–Trinajstić information content (AvgIpc) is 2.16. The van der Waals surface area contributed by atoms with Gasteiger partial charge in [-0.1, -0.05) is 11.6 Å². The number of halogens is 2. The lowest BCUT2D eigenvalue weighted by Gasteiger charge is -2.32. The minimum atomic E-state index is -1.05. The molecule has 0 bridgehead atoms. The van der Waals surface area contributed by atoms with Gasteiger partial charge in [0.25, 0.3) is 0 Å². The third kappa shape index (κ3) is 1.84. The van der Waals surface area contributed by atoms with Gasteiger partial charge in [-0.15, -0.1) is 0 Å². The SMILES string of the molecule is C[C@]1(CF)CC(=O)c2ccc(Cl)cc2O1. The predicted octanol–water partition coefficient (Wildman–Crippen LogP) is 3.03. The van der Waals surface area contributed by atoms with E-state index in [1.807, 2.05) is 0 Å². The summed E-state index contributed by atoms with van der Waals surface area (Å²) in [7, 11) is 0. The maximum Gasteiger partial charge on any atom is 0.170 e. The van der Waals surface area contributed by atoms with Crippen molar-refractivity contribution in [2.45, 2.75) is 18.9 Å². The van der Waals surface area contributed by atoms with Crippen molar-refractivity contribution in [2.24, 2.45) is 0 Å². The van der Waals surface area contributed by atoms with Crippen LogP contribution in [0.3, 0.4) is 0 Å². The summed E-state index contributed by atoms with van der Waals surface area (Å²) < 4.78 is 18.2. The smallest absolute Gasteiger partial charge is 0.170 e. The van der Waals surface area contributed by atoms with Gasteiger partial charge in [-0.25, -0.2) is 4.39 Å². The molecule has 0 saturated carbocycles. The van der Waals surface area contributed by atoms with Crippen LogP contribution in [0.25, 0.3) is 0 Å². The summed E-state index contributed by atoms with van der Waals surface area (Å²) in [6.45, 7) is 0.888. The molecule has 0 unspecified atom stereocenters. The number of Topliss-reactive ketones (excluding diaryl/α,β-unsaturated/α-hetero) is 1. The van der Waals surface area contributed by atoms with Crippen LogP contribution in [0, 0.1) is 0 Å². The van der Waals surface area contributed by atoms with Crippen LogP contribution in [-0.4, -0.2) is 18.1 Å². The van der Waals surface area contributed by atoms with Crippen LogP contribution >= 0.6 is 11.6 Å². The lowest BCUT2D eigenvalue weighted by atomic mass is 9.92. The highest BCUT2D eigenvalue weighted by Crippen LogP contribution is 2.35. The van der Waals surface area contributed by atoms with E-state index in [1.165, 1.54) is 0 Å². The Hall–Kier alpha value is -1.09. The number of rotatable bonds is 1. The molecule has 1 atom stereocenters. The summed E-state index contributed by atoms with van der Waals surface area (Å²) in [6.07, 6.45) is 0.0676. The van der Waals surface area contributed by atoms with Crippen LogP contribution in [0.2, 0.25) is 5.02 Å². The molecule has 1 aromatic carbocycles. The molecule has 1 aliphatic heterocycles. The molecule has 2 rings (SSSR count). The zero-order valence-corrected chi connectivity index (χ0v) is 8.97. The van der Waals surface area contributed by atoms with Gasteiger partial charge < -0.3 is 4.74 Å². The first kappa shape index (κ1) is 10.4. The summed E-state index contributed by atoms with van der Waals surface area (Å²) in [6, 6.07) is 4.78. The topological polar surface area (TPSA) is 26.3 Å². The van der Waals surface area contributed by atoms with Gasteiger partial charge >= 0.3 is 0 Å². The van der Waals surface area contributed by atoms with E-state index in [4.69, 9.17) is 16.3 Å². The second kappa shape index (κ2) is 3.49. The standard InChI is InChI=1S/C11H10ClFO2/c1-11(6-13)5-9(14)8-3-2-7(12)4-10(8)15-11/h2-4H,5-6H2,1H3/t11-/m1/s1. The van der Waals surface area contributed by atoms with Gasteiger partial charge in [0.15, 0.2) is 5.78 Å². The molecule has 80 valence electrons. The Labute approximate surface area is 92.0 Å². The van der Waals surface area contributed by atoms with E-state index in [2.05, 4.69) is 0 Å². The normalized spacial score (nSPS) is 24.6. The van der Waals surface area contributed by atoms with Crippen LogP contribution < -0.4 is 4.74 Å². The van der Waals surface area contributed by atoms with Crippen molar-refractivity contribution in [3.05, 3.63) is 28.8 Å². The maximum absolute atomic E-state index is 12.7. The molecule has 1 heterocycles. The summed E-state index contributed by atoms with van der Waals surface area (Å²) in [4.78, 5) is 11.7. The number of hydrogen-bond acceptors (Lipinski definition) is 2. The molecular formula is C11H10ClFO2.